The molecule has 0 spiro atoms. The minimum atomic E-state index is -0.402. The van der Waals surface area contributed by atoms with Crippen LogP contribution in [0, 0.1) is 23.0 Å². The van der Waals surface area contributed by atoms with Gasteiger partial charge in [-0.2, -0.15) is 5.10 Å². The third-order valence-electron chi connectivity index (χ3n) is 3.60. The molecule has 1 aliphatic heterocycles. The summed E-state index contributed by atoms with van der Waals surface area (Å²) in [6, 6.07) is 0. The van der Waals surface area contributed by atoms with E-state index in [4.69, 9.17) is 4.74 Å². The van der Waals surface area contributed by atoms with Crippen molar-refractivity contribution in [3.8, 4) is 5.88 Å². The van der Waals surface area contributed by atoms with Crippen LogP contribution in [0.4, 0.5) is 5.69 Å². The summed E-state index contributed by atoms with van der Waals surface area (Å²) < 4.78 is 7.31. The van der Waals surface area contributed by atoms with Gasteiger partial charge in [-0.3, -0.25) is 10.1 Å². The first-order chi connectivity index (χ1) is 9.63. The fourth-order valence-corrected chi connectivity index (χ4v) is 2.55. The van der Waals surface area contributed by atoms with Gasteiger partial charge in [0, 0.05) is 6.54 Å². The molecule has 0 saturated carbocycles. The maximum Gasteiger partial charge on any atom is 0.353 e. The Bertz CT molecular complexity index is 466. The Morgan fingerprint density at radius 1 is 1.60 bits per heavy atom. The second kappa shape index (κ2) is 6.69. The van der Waals surface area contributed by atoms with Gasteiger partial charge in [0.1, 0.15) is 5.69 Å². The molecule has 1 fully saturated rings. The Hall–Kier alpha value is -1.63. The molecule has 2 rings (SSSR count). The smallest absolute Gasteiger partial charge is 0.353 e. The van der Waals surface area contributed by atoms with E-state index < -0.39 is 4.92 Å². The van der Waals surface area contributed by atoms with Crippen LogP contribution in [0.15, 0.2) is 0 Å². The van der Waals surface area contributed by atoms with Crippen molar-refractivity contribution in [2.75, 3.05) is 19.7 Å². The van der Waals surface area contributed by atoms with Gasteiger partial charge in [-0.1, -0.05) is 6.92 Å². The summed E-state index contributed by atoms with van der Waals surface area (Å²) in [4.78, 5) is 10.7. The van der Waals surface area contributed by atoms with Crippen molar-refractivity contribution in [2.24, 2.45) is 5.92 Å². The van der Waals surface area contributed by atoms with Crippen molar-refractivity contribution in [1.29, 1.82) is 0 Å². The first-order valence-electron chi connectivity index (χ1n) is 7.18. The van der Waals surface area contributed by atoms with E-state index >= 15 is 0 Å². The van der Waals surface area contributed by atoms with Gasteiger partial charge in [0.25, 0.3) is 5.88 Å². The van der Waals surface area contributed by atoms with E-state index in [1.54, 1.807) is 11.6 Å². The molecule has 112 valence electrons. The van der Waals surface area contributed by atoms with Crippen LogP contribution in [-0.2, 0) is 6.54 Å². The SMILES string of the molecule is CCCn1nc(C)c([N+](=O)[O-])c1OCCC1CCNC1. The van der Waals surface area contributed by atoms with Crippen LogP contribution in [0.1, 0.15) is 31.9 Å². The molecule has 1 aromatic heterocycles. The Labute approximate surface area is 118 Å². The van der Waals surface area contributed by atoms with Gasteiger partial charge in [0.15, 0.2) is 0 Å². The lowest BCUT2D eigenvalue weighted by molar-refractivity contribution is -0.386. The van der Waals surface area contributed by atoms with Crippen molar-refractivity contribution in [3.63, 3.8) is 0 Å². The first kappa shape index (κ1) is 14.8. The number of aromatic nitrogens is 2. The lowest BCUT2D eigenvalue weighted by atomic mass is 10.1. The van der Waals surface area contributed by atoms with Crippen LogP contribution in [0.2, 0.25) is 0 Å². The summed E-state index contributed by atoms with van der Waals surface area (Å²) in [6.45, 7) is 6.86. The molecule has 1 N–H and O–H groups in total. The number of aryl methyl sites for hydroxylation is 2. The Morgan fingerprint density at radius 2 is 2.40 bits per heavy atom. The molecule has 0 bridgehead atoms. The van der Waals surface area contributed by atoms with Crippen LogP contribution in [-0.4, -0.2) is 34.4 Å². The van der Waals surface area contributed by atoms with E-state index in [2.05, 4.69) is 10.4 Å². The molecule has 1 saturated heterocycles. The molecule has 1 atom stereocenters. The highest BCUT2D eigenvalue weighted by atomic mass is 16.6. The quantitative estimate of drug-likeness (QED) is 0.610. The van der Waals surface area contributed by atoms with Crippen LogP contribution in [0.25, 0.3) is 0 Å². The fourth-order valence-electron chi connectivity index (χ4n) is 2.55. The third kappa shape index (κ3) is 3.27. The topological polar surface area (TPSA) is 82.2 Å². The predicted molar refractivity (Wildman–Crippen MR) is 75.0 cm³/mol. The highest BCUT2D eigenvalue weighted by molar-refractivity contribution is 5.45. The zero-order valence-corrected chi connectivity index (χ0v) is 12.1. The summed E-state index contributed by atoms with van der Waals surface area (Å²) in [5.74, 6) is 0.915. The van der Waals surface area contributed by atoms with Crippen LogP contribution >= 0.6 is 0 Å². The third-order valence-corrected chi connectivity index (χ3v) is 3.60. The van der Waals surface area contributed by atoms with Crippen molar-refractivity contribution in [1.82, 2.24) is 15.1 Å². The summed E-state index contributed by atoms with van der Waals surface area (Å²) >= 11 is 0. The molecule has 0 aromatic carbocycles. The van der Waals surface area contributed by atoms with E-state index in [0.717, 1.165) is 32.4 Å². The average molecular weight is 282 g/mol. The summed E-state index contributed by atoms with van der Waals surface area (Å²) in [7, 11) is 0. The fraction of sp³-hybridized carbons (Fsp3) is 0.769. The van der Waals surface area contributed by atoms with Crippen molar-refractivity contribution >= 4 is 5.69 Å². The summed E-state index contributed by atoms with van der Waals surface area (Å²) in [5.41, 5.74) is 0.420. The Morgan fingerprint density at radius 3 is 3.00 bits per heavy atom. The van der Waals surface area contributed by atoms with E-state index in [0.29, 0.717) is 30.6 Å². The normalized spacial score (nSPS) is 18.4. The largest absolute Gasteiger partial charge is 0.473 e. The second-order valence-corrected chi connectivity index (χ2v) is 5.22. The molecule has 1 aliphatic rings. The summed E-state index contributed by atoms with van der Waals surface area (Å²) in [6.07, 6.45) is 2.93. The monoisotopic (exact) mass is 282 g/mol. The maximum atomic E-state index is 11.1. The standard InChI is InChI=1S/C13H22N4O3/c1-3-7-16-13(12(17(18)19)10(2)15-16)20-8-5-11-4-6-14-9-11/h11,14H,3-9H2,1-2H3. The predicted octanol–water partition coefficient (Wildman–Crippen LogP) is 1.89. The van der Waals surface area contributed by atoms with E-state index in [1.807, 2.05) is 6.92 Å². The van der Waals surface area contributed by atoms with Gasteiger partial charge in [0.05, 0.1) is 11.5 Å². The molecule has 7 nitrogen and oxygen atoms in total. The Kier molecular flexibility index (Phi) is 4.94. The van der Waals surface area contributed by atoms with Gasteiger partial charge >= 0.3 is 5.69 Å². The highest BCUT2D eigenvalue weighted by Crippen LogP contribution is 2.31. The van der Waals surface area contributed by atoms with Crippen molar-refractivity contribution < 1.29 is 9.66 Å². The molecule has 20 heavy (non-hydrogen) atoms. The molecule has 0 amide bonds. The van der Waals surface area contributed by atoms with Gasteiger partial charge in [0.2, 0.25) is 0 Å². The second-order valence-electron chi connectivity index (χ2n) is 5.22. The van der Waals surface area contributed by atoms with Gasteiger partial charge < -0.3 is 10.1 Å². The molecular formula is C13H22N4O3. The van der Waals surface area contributed by atoms with E-state index in [-0.39, 0.29) is 5.69 Å². The lowest BCUT2D eigenvalue weighted by Crippen LogP contribution is -2.13. The number of hydrogen-bond donors (Lipinski definition) is 1. The lowest BCUT2D eigenvalue weighted by Gasteiger charge is -2.10. The molecule has 1 aromatic rings. The number of rotatable bonds is 7. The number of ether oxygens (including phenoxy) is 1. The molecule has 0 aliphatic carbocycles. The Balaban J connectivity index is 2.04. The molecule has 1 unspecified atom stereocenters. The van der Waals surface area contributed by atoms with Gasteiger partial charge in [-0.25, -0.2) is 4.68 Å². The maximum absolute atomic E-state index is 11.1. The zero-order valence-electron chi connectivity index (χ0n) is 12.1. The van der Waals surface area contributed by atoms with Crippen LogP contribution < -0.4 is 10.1 Å². The number of hydrogen-bond acceptors (Lipinski definition) is 5. The molecule has 0 radical (unpaired) electrons. The van der Waals surface area contributed by atoms with Gasteiger partial charge in [-0.15, -0.1) is 0 Å². The van der Waals surface area contributed by atoms with Crippen molar-refractivity contribution in [2.45, 2.75) is 39.7 Å². The van der Waals surface area contributed by atoms with Crippen LogP contribution in [0.3, 0.4) is 0 Å². The molecular weight excluding hydrogens is 260 g/mol. The zero-order chi connectivity index (χ0) is 14.5. The minimum Gasteiger partial charge on any atom is -0.473 e. The van der Waals surface area contributed by atoms with Crippen molar-refractivity contribution in [3.05, 3.63) is 15.8 Å². The van der Waals surface area contributed by atoms with E-state index in [1.165, 1.54) is 0 Å². The number of nitrogens with one attached hydrogen (secondary N) is 1. The molecule has 2 heterocycles. The highest BCUT2D eigenvalue weighted by Gasteiger charge is 2.27. The van der Waals surface area contributed by atoms with E-state index in [9.17, 15) is 10.1 Å². The number of nitro groups is 1. The summed E-state index contributed by atoms with van der Waals surface area (Å²) in [5, 5.41) is 18.7. The number of nitrogens with zero attached hydrogens (tertiary/aromatic N) is 3. The minimum absolute atomic E-state index is 0.00277. The first-order valence-corrected chi connectivity index (χ1v) is 7.18. The van der Waals surface area contributed by atoms with Gasteiger partial charge in [-0.05, 0) is 45.2 Å². The van der Waals surface area contributed by atoms with Crippen LogP contribution in [0.5, 0.6) is 5.88 Å². The molecule has 7 heteroatoms. The average Bonchev–Trinajstić information content (AvgIpc) is 2.99.